The Labute approximate surface area is 188 Å². The number of thiocarbonyl (C=S) groups is 1. The second-order valence-corrected chi connectivity index (χ2v) is 8.99. The fraction of sp³-hybridized carbons (Fsp3) is 0.360. The molecule has 0 bridgehead atoms. The first-order valence-corrected chi connectivity index (χ1v) is 11.4. The summed E-state index contributed by atoms with van der Waals surface area (Å²) in [6.45, 7) is 4.42. The first-order valence-electron chi connectivity index (χ1n) is 11.0. The smallest absolute Gasteiger partial charge is 0.174 e. The van der Waals surface area contributed by atoms with E-state index in [4.69, 9.17) is 12.2 Å². The van der Waals surface area contributed by atoms with Crippen LogP contribution >= 0.6 is 12.2 Å². The Kier molecular flexibility index (Phi) is 5.26. The highest BCUT2D eigenvalue weighted by Crippen LogP contribution is 2.44. The highest BCUT2D eigenvalue weighted by atomic mass is 32.1. The molecule has 1 aliphatic carbocycles. The average molecular weight is 435 g/mol. The quantitative estimate of drug-likeness (QED) is 0.516. The van der Waals surface area contributed by atoms with E-state index >= 15 is 0 Å². The summed E-state index contributed by atoms with van der Waals surface area (Å²) in [5, 5.41) is 4.14. The molecule has 1 saturated carbocycles. The summed E-state index contributed by atoms with van der Waals surface area (Å²) in [6, 6.07) is 15.3. The third-order valence-corrected chi connectivity index (χ3v) is 7.05. The van der Waals surface area contributed by atoms with E-state index in [-0.39, 0.29) is 17.9 Å². The van der Waals surface area contributed by atoms with Gasteiger partial charge in [-0.25, -0.2) is 4.39 Å². The van der Waals surface area contributed by atoms with E-state index in [1.807, 2.05) is 24.4 Å². The van der Waals surface area contributed by atoms with Gasteiger partial charge in [0.2, 0.25) is 0 Å². The molecule has 1 aliphatic heterocycles. The lowest BCUT2D eigenvalue weighted by molar-refractivity contribution is 0.494. The lowest BCUT2D eigenvalue weighted by Crippen LogP contribution is -2.29. The van der Waals surface area contributed by atoms with Crippen LogP contribution in [0.25, 0.3) is 0 Å². The lowest BCUT2D eigenvalue weighted by atomic mass is 9.96. The molecule has 160 valence electrons. The highest BCUT2D eigenvalue weighted by molar-refractivity contribution is 7.80. The Hall–Kier alpha value is -2.73. The molecule has 2 aliphatic rings. The SMILES string of the molecule is Cc1cc(C2C(c3ccccn3)NC(=S)N2c2ccc(F)cc2)c(C)n1C1CCCC1. The monoisotopic (exact) mass is 434 g/mol. The summed E-state index contributed by atoms with van der Waals surface area (Å²) in [4.78, 5) is 6.75. The van der Waals surface area contributed by atoms with Gasteiger partial charge in [-0.1, -0.05) is 18.9 Å². The molecule has 2 fully saturated rings. The van der Waals surface area contributed by atoms with Crippen LogP contribution in [0.15, 0.2) is 54.7 Å². The van der Waals surface area contributed by atoms with Gasteiger partial charge in [-0.15, -0.1) is 0 Å². The summed E-state index contributed by atoms with van der Waals surface area (Å²) < 4.78 is 16.2. The van der Waals surface area contributed by atoms with Gasteiger partial charge in [0.25, 0.3) is 0 Å². The van der Waals surface area contributed by atoms with Crippen LogP contribution in [0.1, 0.15) is 66.5 Å². The molecule has 0 spiro atoms. The van der Waals surface area contributed by atoms with Gasteiger partial charge in [0, 0.05) is 29.3 Å². The van der Waals surface area contributed by atoms with Gasteiger partial charge in [-0.3, -0.25) is 4.98 Å². The summed E-state index contributed by atoms with van der Waals surface area (Å²) in [6.07, 6.45) is 6.89. The standard InChI is InChI=1S/C25H27FN4S/c1-16-15-21(17(2)29(16)19-7-3-4-8-19)24-23(22-9-5-6-14-27-22)28-25(31)30(24)20-12-10-18(26)11-13-20/h5-6,9-15,19,23-24H,3-4,7-8H2,1-2H3,(H,28,31). The molecule has 2 aromatic heterocycles. The molecule has 5 rings (SSSR count). The van der Waals surface area contributed by atoms with E-state index in [0.717, 1.165) is 11.4 Å². The van der Waals surface area contributed by atoms with E-state index in [1.54, 1.807) is 12.1 Å². The van der Waals surface area contributed by atoms with Crippen LogP contribution in [-0.2, 0) is 0 Å². The van der Waals surface area contributed by atoms with Crippen LogP contribution in [0.2, 0.25) is 0 Å². The molecule has 1 N–H and O–H groups in total. The normalized spacial score (nSPS) is 21.6. The van der Waals surface area contributed by atoms with Gasteiger partial charge >= 0.3 is 0 Å². The van der Waals surface area contributed by atoms with Crippen LogP contribution in [-0.4, -0.2) is 14.7 Å². The second kappa shape index (κ2) is 8.08. The van der Waals surface area contributed by atoms with Crippen molar-refractivity contribution in [3.05, 3.63) is 83.2 Å². The molecule has 2 unspecified atom stereocenters. The molecule has 3 aromatic rings. The zero-order chi connectivity index (χ0) is 21.5. The van der Waals surface area contributed by atoms with Gasteiger partial charge in [0.05, 0.1) is 17.8 Å². The van der Waals surface area contributed by atoms with Crippen molar-refractivity contribution < 1.29 is 4.39 Å². The van der Waals surface area contributed by atoms with Crippen molar-refractivity contribution in [2.75, 3.05) is 4.90 Å². The molecule has 0 radical (unpaired) electrons. The van der Waals surface area contributed by atoms with E-state index in [9.17, 15) is 4.39 Å². The number of anilines is 1. The summed E-state index contributed by atoms with van der Waals surface area (Å²) in [5.74, 6) is -0.251. The largest absolute Gasteiger partial charge is 0.351 e. The van der Waals surface area contributed by atoms with E-state index in [1.165, 1.54) is 54.8 Å². The molecular weight excluding hydrogens is 407 g/mol. The molecule has 6 heteroatoms. The topological polar surface area (TPSA) is 33.1 Å². The number of aryl methyl sites for hydroxylation is 1. The van der Waals surface area contributed by atoms with Gasteiger partial charge in [-0.05, 0) is 86.9 Å². The third kappa shape index (κ3) is 3.53. The van der Waals surface area contributed by atoms with E-state index < -0.39 is 0 Å². The van der Waals surface area contributed by atoms with E-state index in [2.05, 4.69) is 39.7 Å². The molecule has 4 nitrogen and oxygen atoms in total. The highest BCUT2D eigenvalue weighted by Gasteiger charge is 2.42. The minimum absolute atomic E-state index is 0.0609. The number of nitrogens with one attached hydrogen (secondary N) is 1. The zero-order valence-electron chi connectivity index (χ0n) is 17.9. The maximum atomic E-state index is 13.6. The fourth-order valence-electron chi connectivity index (χ4n) is 5.38. The number of hydrogen-bond acceptors (Lipinski definition) is 2. The Balaban J connectivity index is 1.64. The van der Waals surface area contributed by atoms with Crippen molar-refractivity contribution in [1.82, 2.24) is 14.9 Å². The maximum Gasteiger partial charge on any atom is 0.174 e. The fourth-order valence-corrected chi connectivity index (χ4v) is 5.72. The maximum absolute atomic E-state index is 13.6. The van der Waals surface area contributed by atoms with Crippen molar-refractivity contribution in [3.8, 4) is 0 Å². The molecule has 0 amide bonds. The predicted molar refractivity (Wildman–Crippen MR) is 126 cm³/mol. The Bertz CT molecular complexity index is 1090. The number of rotatable bonds is 4. The number of hydrogen-bond donors (Lipinski definition) is 1. The van der Waals surface area contributed by atoms with Gasteiger partial charge < -0.3 is 14.8 Å². The molecule has 1 saturated heterocycles. The summed E-state index contributed by atoms with van der Waals surface area (Å²) in [5.41, 5.74) is 5.65. The van der Waals surface area contributed by atoms with Crippen molar-refractivity contribution in [1.29, 1.82) is 0 Å². The number of benzene rings is 1. The predicted octanol–water partition coefficient (Wildman–Crippen LogP) is 5.93. The lowest BCUT2D eigenvalue weighted by Gasteiger charge is -2.28. The molecule has 2 atom stereocenters. The number of nitrogens with zero attached hydrogens (tertiary/aromatic N) is 3. The second-order valence-electron chi connectivity index (χ2n) is 8.61. The van der Waals surface area contributed by atoms with Crippen molar-refractivity contribution >= 4 is 23.0 Å². The van der Waals surface area contributed by atoms with Crippen LogP contribution in [0.3, 0.4) is 0 Å². The van der Waals surface area contributed by atoms with Crippen molar-refractivity contribution in [3.63, 3.8) is 0 Å². The summed E-state index contributed by atoms with van der Waals surface area (Å²) in [7, 11) is 0. The first kappa shape index (κ1) is 20.2. The number of aromatic nitrogens is 2. The van der Waals surface area contributed by atoms with Crippen LogP contribution in [0.5, 0.6) is 0 Å². The Morgan fingerprint density at radius 1 is 1.06 bits per heavy atom. The summed E-state index contributed by atoms with van der Waals surface area (Å²) >= 11 is 5.79. The van der Waals surface area contributed by atoms with Gasteiger partial charge in [0.15, 0.2) is 5.11 Å². The van der Waals surface area contributed by atoms with Crippen molar-refractivity contribution in [2.45, 2.75) is 57.7 Å². The van der Waals surface area contributed by atoms with E-state index in [0.29, 0.717) is 11.2 Å². The van der Waals surface area contributed by atoms with Crippen molar-refractivity contribution in [2.24, 2.45) is 0 Å². The van der Waals surface area contributed by atoms with Crippen LogP contribution in [0.4, 0.5) is 10.1 Å². The average Bonchev–Trinajstić information content (AvgIpc) is 3.47. The van der Waals surface area contributed by atoms with Gasteiger partial charge in [0.1, 0.15) is 5.82 Å². The third-order valence-electron chi connectivity index (χ3n) is 6.73. The molecule has 31 heavy (non-hydrogen) atoms. The number of pyridine rings is 1. The van der Waals surface area contributed by atoms with Gasteiger partial charge in [-0.2, -0.15) is 0 Å². The minimum atomic E-state index is -0.251. The zero-order valence-corrected chi connectivity index (χ0v) is 18.7. The molecular formula is C25H27FN4S. The minimum Gasteiger partial charge on any atom is -0.351 e. The van der Waals surface area contributed by atoms with Crippen LogP contribution < -0.4 is 10.2 Å². The number of halogens is 1. The van der Waals surface area contributed by atoms with Crippen LogP contribution in [0, 0.1) is 19.7 Å². The molecule has 1 aromatic carbocycles. The Morgan fingerprint density at radius 3 is 2.48 bits per heavy atom. The first-order chi connectivity index (χ1) is 15.0. The molecule has 3 heterocycles. The Morgan fingerprint density at radius 2 is 1.81 bits per heavy atom.